The first-order chi connectivity index (χ1) is 16.0. The lowest BCUT2D eigenvalue weighted by Crippen LogP contribution is -2.61. The molecule has 4 rings (SSSR count). The predicted molar refractivity (Wildman–Crippen MR) is 136 cm³/mol. The van der Waals surface area contributed by atoms with E-state index in [1.54, 1.807) is 17.1 Å². The predicted octanol–water partition coefficient (Wildman–Crippen LogP) is 6.12. The minimum atomic E-state index is -0.450. The van der Waals surface area contributed by atoms with E-state index in [9.17, 15) is 9.59 Å². The number of nitrogens with zero attached hydrogens (tertiary/aromatic N) is 2. The molecule has 0 spiro atoms. The molecular formula is C27H27ClN2O2S. The summed E-state index contributed by atoms with van der Waals surface area (Å²) in [7, 11) is 0. The molecule has 0 aliphatic carbocycles. The summed E-state index contributed by atoms with van der Waals surface area (Å²) in [6.07, 6.45) is 3.89. The lowest BCUT2D eigenvalue weighted by Gasteiger charge is -2.44. The number of amides is 2. The van der Waals surface area contributed by atoms with E-state index < -0.39 is 6.04 Å². The van der Waals surface area contributed by atoms with Crippen LogP contribution in [0, 0.1) is 0 Å². The number of hydrogen-bond acceptors (Lipinski definition) is 3. The molecule has 2 atom stereocenters. The fraction of sp³-hybridized carbons (Fsp3) is 0.259. The Kier molecular flexibility index (Phi) is 7.31. The van der Waals surface area contributed by atoms with Crippen molar-refractivity contribution in [2.45, 2.75) is 38.9 Å². The van der Waals surface area contributed by atoms with E-state index in [0.29, 0.717) is 23.8 Å². The minimum Gasteiger partial charge on any atom is -0.332 e. The monoisotopic (exact) mass is 478 g/mol. The molecule has 0 N–H and O–H groups in total. The van der Waals surface area contributed by atoms with E-state index in [1.807, 2.05) is 49.1 Å². The van der Waals surface area contributed by atoms with Crippen molar-refractivity contribution in [3.8, 4) is 11.1 Å². The van der Waals surface area contributed by atoms with Gasteiger partial charge in [-0.1, -0.05) is 73.1 Å². The third-order valence-electron chi connectivity index (χ3n) is 6.01. The van der Waals surface area contributed by atoms with Crippen LogP contribution in [-0.2, 0) is 16.1 Å². The molecule has 170 valence electrons. The second-order valence-corrected chi connectivity index (χ2v) is 10.0. The van der Waals surface area contributed by atoms with Gasteiger partial charge in [-0.05, 0) is 48.2 Å². The average molecular weight is 479 g/mol. The zero-order valence-corrected chi connectivity index (χ0v) is 20.4. The smallest absolute Gasteiger partial charge is 0.247 e. The van der Waals surface area contributed by atoms with Crippen LogP contribution >= 0.6 is 22.9 Å². The van der Waals surface area contributed by atoms with Crippen molar-refractivity contribution >= 4 is 40.8 Å². The summed E-state index contributed by atoms with van der Waals surface area (Å²) in [5.74, 6) is -0.136. The maximum absolute atomic E-state index is 13.3. The number of hydrogen-bond donors (Lipinski definition) is 0. The van der Waals surface area contributed by atoms with E-state index >= 15 is 0 Å². The van der Waals surface area contributed by atoms with Gasteiger partial charge in [0.1, 0.15) is 6.04 Å². The van der Waals surface area contributed by atoms with Crippen LogP contribution in [-0.4, -0.2) is 40.2 Å². The Morgan fingerprint density at radius 3 is 2.39 bits per heavy atom. The molecule has 4 nitrogen and oxygen atoms in total. The van der Waals surface area contributed by atoms with Crippen LogP contribution in [0.4, 0.5) is 0 Å². The van der Waals surface area contributed by atoms with Gasteiger partial charge in [0.2, 0.25) is 11.8 Å². The first-order valence-corrected chi connectivity index (χ1v) is 12.3. The van der Waals surface area contributed by atoms with Crippen molar-refractivity contribution in [1.82, 2.24) is 9.80 Å². The highest BCUT2D eigenvalue weighted by Crippen LogP contribution is 2.25. The number of benzene rings is 2. The Labute approximate surface area is 204 Å². The van der Waals surface area contributed by atoms with Gasteiger partial charge >= 0.3 is 0 Å². The summed E-state index contributed by atoms with van der Waals surface area (Å²) in [5.41, 5.74) is 3.41. The average Bonchev–Trinajstić information content (AvgIpc) is 3.26. The van der Waals surface area contributed by atoms with Crippen LogP contribution < -0.4 is 0 Å². The van der Waals surface area contributed by atoms with Crippen molar-refractivity contribution in [3.05, 3.63) is 87.6 Å². The van der Waals surface area contributed by atoms with Crippen molar-refractivity contribution in [1.29, 1.82) is 0 Å². The van der Waals surface area contributed by atoms with Crippen LogP contribution in [0.5, 0.6) is 0 Å². The van der Waals surface area contributed by atoms with Gasteiger partial charge < -0.3 is 9.80 Å². The van der Waals surface area contributed by atoms with Crippen molar-refractivity contribution in [3.63, 3.8) is 0 Å². The molecule has 6 heteroatoms. The molecule has 2 amide bonds. The van der Waals surface area contributed by atoms with Crippen LogP contribution in [0.1, 0.15) is 30.7 Å². The van der Waals surface area contributed by atoms with Gasteiger partial charge in [-0.2, -0.15) is 0 Å². The highest BCUT2D eigenvalue weighted by molar-refractivity contribution is 7.17. The van der Waals surface area contributed by atoms with Gasteiger partial charge in [0.25, 0.3) is 0 Å². The largest absolute Gasteiger partial charge is 0.332 e. The topological polar surface area (TPSA) is 40.6 Å². The van der Waals surface area contributed by atoms with Gasteiger partial charge in [-0.15, -0.1) is 11.3 Å². The highest BCUT2D eigenvalue weighted by atomic mass is 35.5. The number of carbonyl (C=O) groups excluding carboxylic acids is 2. The Bertz CT molecular complexity index is 1140. The maximum Gasteiger partial charge on any atom is 0.247 e. The molecule has 1 fully saturated rings. The van der Waals surface area contributed by atoms with E-state index in [4.69, 9.17) is 11.6 Å². The van der Waals surface area contributed by atoms with Gasteiger partial charge in [0.05, 0.1) is 4.34 Å². The third-order valence-corrected chi connectivity index (χ3v) is 7.20. The first-order valence-electron chi connectivity index (χ1n) is 11.1. The summed E-state index contributed by atoms with van der Waals surface area (Å²) >= 11 is 7.39. The fourth-order valence-corrected chi connectivity index (χ4v) is 5.19. The van der Waals surface area contributed by atoms with E-state index in [0.717, 1.165) is 16.0 Å². The Morgan fingerprint density at radius 1 is 1.06 bits per heavy atom. The molecule has 2 heterocycles. The zero-order valence-electron chi connectivity index (χ0n) is 18.8. The van der Waals surface area contributed by atoms with E-state index in [1.165, 1.54) is 16.9 Å². The molecule has 0 bridgehead atoms. The van der Waals surface area contributed by atoms with Crippen molar-refractivity contribution < 1.29 is 9.59 Å². The second-order valence-electron chi connectivity index (χ2n) is 8.27. The number of thiophene rings is 1. The van der Waals surface area contributed by atoms with Gasteiger partial charge in [0, 0.05) is 30.1 Å². The lowest BCUT2D eigenvalue weighted by atomic mass is 10.0. The summed E-state index contributed by atoms with van der Waals surface area (Å²) < 4.78 is 0.683. The van der Waals surface area contributed by atoms with Crippen molar-refractivity contribution in [2.75, 3.05) is 6.54 Å². The SMILES string of the molecule is CC[C@H]1C(=O)N(Cc2ccc(-c3ccccc3)cc2)C(C)CN1C(=O)/C=C/c1ccc(Cl)s1. The molecule has 2 aromatic carbocycles. The molecule has 1 unspecified atom stereocenters. The molecule has 1 aliphatic rings. The molecule has 3 aromatic rings. The third kappa shape index (κ3) is 5.37. The molecule has 1 aromatic heterocycles. The number of rotatable bonds is 6. The first kappa shape index (κ1) is 23.3. The molecular weight excluding hydrogens is 452 g/mol. The minimum absolute atomic E-state index is 0.00399. The van der Waals surface area contributed by atoms with Gasteiger partial charge in [-0.3, -0.25) is 9.59 Å². The number of piperazine rings is 1. The molecule has 0 saturated carbocycles. The Hall–Kier alpha value is -2.89. The molecule has 33 heavy (non-hydrogen) atoms. The standard InChI is InChI=1S/C27H27ClN2O2S/c1-3-24-27(32)29(18-20-9-11-22(12-10-20)21-7-5-4-6-8-21)19(2)17-30(24)26(31)16-14-23-13-15-25(28)33-23/h4-16,19,24H,3,17-18H2,1-2H3/b16-14+/t19?,24-/m0/s1. The Balaban J connectivity index is 1.45. The van der Waals surface area contributed by atoms with Crippen molar-refractivity contribution in [2.24, 2.45) is 0 Å². The Morgan fingerprint density at radius 2 is 1.76 bits per heavy atom. The summed E-state index contributed by atoms with van der Waals surface area (Å²) in [4.78, 5) is 30.8. The quantitative estimate of drug-likeness (QED) is 0.400. The number of halogens is 1. The summed E-state index contributed by atoms with van der Waals surface area (Å²) in [6.45, 7) is 5.01. The summed E-state index contributed by atoms with van der Waals surface area (Å²) in [5, 5.41) is 0. The van der Waals surface area contributed by atoms with Crippen LogP contribution in [0.15, 0.2) is 72.8 Å². The van der Waals surface area contributed by atoms with Gasteiger partial charge in [0.15, 0.2) is 0 Å². The molecule has 0 radical (unpaired) electrons. The fourth-order valence-electron chi connectivity index (χ4n) is 4.22. The highest BCUT2D eigenvalue weighted by Gasteiger charge is 2.39. The van der Waals surface area contributed by atoms with Crippen LogP contribution in [0.3, 0.4) is 0 Å². The zero-order chi connectivity index (χ0) is 23.4. The van der Waals surface area contributed by atoms with E-state index in [-0.39, 0.29) is 17.9 Å². The maximum atomic E-state index is 13.3. The lowest BCUT2D eigenvalue weighted by molar-refractivity contribution is -0.153. The van der Waals surface area contributed by atoms with Crippen LogP contribution in [0.2, 0.25) is 4.34 Å². The van der Waals surface area contributed by atoms with Crippen LogP contribution in [0.25, 0.3) is 17.2 Å². The van der Waals surface area contributed by atoms with E-state index in [2.05, 4.69) is 36.4 Å². The molecule has 1 saturated heterocycles. The normalized spacial score (nSPS) is 18.8. The molecule has 1 aliphatic heterocycles. The summed E-state index contributed by atoms with van der Waals surface area (Å²) in [6, 6.07) is 21.8. The van der Waals surface area contributed by atoms with Gasteiger partial charge in [-0.25, -0.2) is 0 Å². The number of carbonyl (C=O) groups is 2. The second kappa shape index (κ2) is 10.4.